The molecule has 39 heavy (non-hydrogen) atoms. The Morgan fingerprint density at radius 2 is 1.97 bits per heavy atom. The van der Waals surface area contributed by atoms with E-state index in [0.29, 0.717) is 25.1 Å². The molecular formula is C32H38N2O5. The zero-order chi connectivity index (χ0) is 27.5. The number of benzene rings is 2. The molecule has 5 atom stereocenters. The predicted octanol–water partition coefficient (Wildman–Crippen LogP) is 4.31. The number of piperidine rings is 1. The highest BCUT2D eigenvalue weighted by atomic mass is 16.6. The summed E-state index contributed by atoms with van der Waals surface area (Å²) in [5.41, 5.74) is 1.66. The maximum absolute atomic E-state index is 13.9. The second kappa shape index (κ2) is 9.40. The number of esters is 1. The van der Waals surface area contributed by atoms with Crippen LogP contribution in [0.3, 0.4) is 0 Å². The molecule has 1 spiro atoms. The fourth-order valence-electron chi connectivity index (χ4n) is 8.09. The lowest BCUT2D eigenvalue weighted by Gasteiger charge is -2.65. The summed E-state index contributed by atoms with van der Waals surface area (Å²) in [6, 6.07) is 13.3. The molecule has 1 saturated heterocycles. The molecule has 2 fully saturated rings. The smallest absolute Gasteiger partial charge is 0.303 e. The number of ether oxygens (including phenoxy) is 2. The highest BCUT2D eigenvalue weighted by molar-refractivity contribution is 5.92. The van der Waals surface area contributed by atoms with Gasteiger partial charge in [-0.3, -0.25) is 14.5 Å². The van der Waals surface area contributed by atoms with Crippen LogP contribution in [-0.4, -0.2) is 70.7 Å². The molecule has 2 aliphatic carbocycles. The molecule has 7 heteroatoms. The first-order valence-corrected chi connectivity index (χ1v) is 14.1. The first kappa shape index (κ1) is 25.9. The molecule has 1 amide bonds. The van der Waals surface area contributed by atoms with Gasteiger partial charge in [-0.05, 0) is 68.5 Å². The van der Waals surface area contributed by atoms with Gasteiger partial charge in [0.2, 0.25) is 5.91 Å². The monoisotopic (exact) mass is 530 g/mol. The van der Waals surface area contributed by atoms with Gasteiger partial charge in [0.05, 0.1) is 17.5 Å². The zero-order valence-electron chi connectivity index (χ0n) is 23.2. The fourth-order valence-corrected chi connectivity index (χ4v) is 8.09. The summed E-state index contributed by atoms with van der Waals surface area (Å²) in [5, 5.41) is 11.0. The van der Waals surface area contributed by atoms with Crippen LogP contribution in [0.5, 0.6) is 11.5 Å². The average molecular weight is 531 g/mol. The second-order valence-corrected chi connectivity index (χ2v) is 12.1. The van der Waals surface area contributed by atoms with Gasteiger partial charge >= 0.3 is 5.97 Å². The minimum Gasteiger partial charge on any atom is -0.504 e. The van der Waals surface area contributed by atoms with E-state index in [1.165, 1.54) is 6.92 Å². The third-order valence-corrected chi connectivity index (χ3v) is 9.45. The Balaban J connectivity index is 1.47. The molecule has 1 saturated carbocycles. The summed E-state index contributed by atoms with van der Waals surface area (Å²) < 4.78 is 13.2. The maximum atomic E-state index is 13.9. The van der Waals surface area contributed by atoms with Crippen LogP contribution in [0, 0.1) is 5.92 Å². The van der Waals surface area contributed by atoms with Crippen LogP contribution < -0.4 is 4.74 Å². The molecule has 4 aliphatic rings. The molecular weight excluding hydrogens is 492 g/mol. The lowest BCUT2D eigenvalue weighted by Crippen LogP contribution is -2.79. The van der Waals surface area contributed by atoms with Gasteiger partial charge in [-0.15, -0.1) is 0 Å². The van der Waals surface area contributed by atoms with Crippen molar-refractivity contribution in [2.24, 2.45) is 5.92 Å². The summed E-state index contributed by atoms with van der Waals surface area (Å²) in [6.07, 6.45) is 5.81. The number of carbonyl (C=O) groups is 2. The number of likely N-dealkylation sites (N-methyl/N-ethyl adjacent to an activating group) is 1. The quantitative estimate of drug-likeness (QED) is 0.443. The first-order chi connectivity index (χ1) is 18.7. The van der Waals surface area contributed by atoms with E-state index in [-0.39, 0.29) is 35.6 Å². The lowest BCUT2D eigenvalue weighted by atomic mass is 9.48. The lowest BCUT2D eigenvalue weighted by molar-refractivity contribution is -0.221. The molecule has 2 aliphatic heterocycles. The maximum Gasteiger partial charge on any atom is 0.303 e. The van der Waals surface area contributed by atoms with E-state index in [1.807, 2.05) is 47.4 Å². The van der Waals surface area contributed by atoms with Crippen molar-refractivity contribution in [3.63, 3.8) is 0 Å². The normalized spacial score (nSPS) is 30.6. The number of carbonyl (C=O) groups excluding carboxylic acids is 2. The van der Waals surface area contributed by atoms with E-state index in [4.69, 9.17) is 9.47 Å². The van der Waals surface area contributed by atoms with E-state index >= 15 is 0 Å². The standard InChI is InChI=1S/C32H38N2O5/c1-20(2)19-34(27(37)13-10-22-8-6-5-7-9-22)24-14-15-32(39-21(3)35)26-18-23-11-12-25(36)29-28(23)31(32,30(24)38-29)16-17-33(26)4/h5-13,20,24,26,30,36H,14-19H2,1-4H3/t24-,26+,30-,31-,32+/m0/s1. The van der Waals surface area contributed by atoms with Gasteiger partial charge < -0.3 is 19.5 Å². The predicted molar refractivity (Wildman–Crippen MR) is 148 cm³/mol. The summed E-state index contributed by atoms with van der Waals surface area (Å²) in [4.78, 5) is 30.8. The molecule has 1 N–H and O–H groups in total. The number of phenolic OH excluding ortho intramolecular Hbond substituents is 1. The van der Waals surface area contributed by atoms with Crippen LogP contribution in [0.1, 0.15) is 56.7 Å². The molecule has 0 unspecified atom stereocenters. The van der Waals surface area contributed by atoms with Gasteiger partial charge in [-0.2, -0.15) is 0 Å². The van der Waals surface area contributed by atoms with Crippen molar-refractivity contribution in [2.75, 3.05) is 20.1 Å². The van der Waals surface area contributed by atoms with Crippen molar-refractivity contribution in [1.82, 2.24) is 9.80 Å². The second-order valence-electron chi connectivity index (χ2n) is 12.1. The highest BCUT2D eigenvalue weighted by Gasteiger charge is 2.75. The summed E-state index contributed by atoms with van der Waals surface area (Å²) in [5.74, 6) is 0.501. The summed E-state index contributed by atoms with van der Waals surface area (Å²) >= 11 is 0. The Morgan fingerprint density at radius 3 is 2.69 bits per heavy atom. The SMILES string of the molecule is CC(=O)O[C@@]12CC[C@H](N(CC(C)C)C(=O)C=Cc3ccccc3)[C@@H]3Oc4c(O)ccc5c4[C@@]31CCN(C)[C@@H]2C5. The number of aromatic hydroxyl groups is 1. The van der Waals surface area contributed by atoms with Crippen molar-refractivity contribution >= 4 is 18.0 Å². The van der Waals surface area contributed by atoms with E-state index in [1.54, 1.807) is 12.1 Å². The molecule has 2 aromatic carbocycles. The van der Waals surface area contributed by atoms with E-state index in [2.05, 4.69) is 25.8 Å². The van der Waals surface area contributed by atoms with Crippen molar-refractivity contribution in [3.05, 3.63) is 65.2 Å². The minimum atomic E-state index is -0.786. The molecule has 206 valence electrons. The van der Waals surface area contributed by atoms with Gasteiger partial charge in [0.1, 0.15) is 11.7 Å². The number of hydrogen-bond donors (Lipinski definition) is 1. The third kappa shape index (κ3) is 3.80. The molecule has 0 aromatic heterocycles. The Labute approximate surface area is 230 Å². The average Bonchev–Trinajstić information content (AvgIpc) is 3.26. The van der Waals surface area contributed by atoms with Crippen molar-refractivity contribution in [2.45, 2.75) is 75.7 Å². The van der Waals surface area contributed by atoms with Gasteiger partial charge in [-0.25, -0.2) is 0 Å². The number of phenols is 1. The summed E-state index contributed by atoms with van der Waals surface area (Å²) in [6.45, 7) is 7.12. The molecule has 6 rings (SSSR count). The molecule has 2 heterocycles. The number of amides is 1. The highest BCUT2D eigenvalue weighted by Crippen LogP contribution is 2.67. The Hall–Kier alpha value is -3.32. The van der Waals surface area contributed by atoms with Gasteiger partial charge in [0, 0.05) is 25.1 Å². The number of hydrogen-bond acceptors (Lipinski definition) is 6. The molecule has 2 aromatic rings. The number of likely N-dealkylation sites (tertiary alicyclic amines) is 1. The van der Waals surface area contributed by atoms with Crippen molar-refractivity contribution < 1.29 is 24.2 Å². The topological polar surface area (TPSA) is 79.3 Å². The van der Waals surface area contributed by atoms with Crippen LogP contribution in [-0.2, 0) is 26.2 Å². The van der Waals surface area contributed by atoms with Crippen LogP contribution in [0.15, 0.2) is 48.5 Å². The van der Waals surface area contributed by atoms with E-state index in [9.17, 15) is 14.7 Å². The van der Waals surface area contributed by atoms with Crippen LogP contribution in [0.4, 0.5) is 0 Å². The fraction of sp³-hybridized carbons (Fsp3) is 0.500. The first-order valence-electron chi connectivity index (χ1n) is 14.1. The minimum absolute atomic E-state index is 0.00239. The van der Waals surface area contributed by atoms with Crippen molar-refractivity contribution in [3.8, 4) is 11.5 Å². The van der Waals surface area contributed by atoms with E-state index in [0.717, 1.165) is 36.1 Å². The Kier molecular flexibility index (Phi) is 6.25. The molecule has 7 nitrogen and oxygen atoms in total. The summed E-state index contributed by atoms with van der Waals surface area (Å²) in [7, 11) is 2.11. The van der Waals surface area contributed by atoms with Crippen molar-refractivity contribution in [1.29, 1.82) is 0 Å². The zero-order valence-corrected chi connectivity index (χ0v) is 23.2. The Morgan fingerprint density at radius 1 is 1.21 bits per heavy atom. The largest absolute Gasteiger partial charge is 0.504 e. The number of rotatable bonds is 6. The van der Waals surface area contributed by atoms with E-state index < -0.39 is 17.1 Å². The van der Waals surface area contributed by atoms with Crippen LogP contribution in [0.2, 0.25) is 0 Å². The third-order valence-electron chi connectivity index (χ3n) is 9.45. The molecule has 2 bridgehead atoms. The number of nitrogens with zero attached hydrogens (tertiary/aromatic N) is 2. The van der Waals surface area contributed by atoms with Crippen LogP contribution in [0.25, 0.3) is 6.08 Å². The van der Waals surface area contributed by atoms with Gasteiger partial charge in [-0.1, -0.05) is 50.2 Å². The van der Waals surface area contributed by atoms with Gasteiger partial charge in [0.25, 0.3) is 0 Å². The van der Waals surface area contributed by atoms with Crippen LogP contribution >= 0.6 is 0 Å². The Bertz CT molecular complexity index is 1320. The van der Waals surface area contributed by atoms with Gasteiger partial charge in [0.15, 0.2) is 11.5 Å². The molecule has 0 radical (unpaired) electrons.